The molecule has 0 amide bonds. The summed E-state index contributed by atoms with van der Waals surface area (Å²) in [6.07, 6.45) is 9.64. The predicted octanol–water partition coefficient (Wildman–Crippen LogP) is 3.45. The second-order valence-electron chi connectivity index (χ2n) is 8.07. The van der Waals surface area contributed by atoms with E-state index in [-0.39, 0.29) is 5.57 Å². The van der Waals surface area contributed by atoms with Gasteiger partial charge in [-0.2, -0.15) is 5.26 Å². The number of benzene rings is 1. The Labute approximate surface area is 164 Å². The van der Waals surface area contributed by atoms with Gasteiger partial charge in [0.1, 0.15) is 6.07 Å². The first kappa shape index (κ1) is 18.5. The minimum absolute atomic E-state index is 0.189. The van der Waals surface area contributed by atoms with Gasteiger partial charge in [0.2, 0.25) is 0 Å². The lowest BCUT2D eigenvalue weighted by Gasteiger charge is -2.31. The average molecular weight is 380 g/mol. The number of hydrogen-bond acceptors (Lipinski definition) is 6. The van der Waals surface area contributed by atoms with E-state index in [2.05, 4.69) is 11.4 Å². The highest BCUT2D eigenvalue weighted by molar-refractivity contribution is 6.15. The Morgan fingerprint density at radius 1 is 0.893 bits per heavy atom. The van der Waals surface area contributed by atoms with Crippen molar-refractivity contribution in [3.63, 3.8) is 0 Å². The van der Waals surface area contributed by atoms with E-state index in [1.807, 2.05) is 0 Å². The summed E-state index contributed by atoms with van der Waals surface area (Å²) in [6.45, 7) is 3.03. The summed E-state index contributed by atoms with van der Waals surface area (Å²) in [5, 5.41) is 13.0. The summed E-state index contributed by atoms with van der Waals surface area (Å²) < 4.78 is 10.3. The Hall–Kier alpha value is -2.81. The van der Waals surface area contributed by atoms with Crippen molar-refractivity contribution in [1.29, 1.82) is 5.26 Å². The smallest absolute Gasteiger partial charge is 0.350 e. The number of hydrogen-bond donors (Lipinski definition) is 1. The summed E-state index contributed by atoms with van der Waals surface area (Å²) in [5.41, 5.74) is 6.18. The van der Waals surface area contributed by atoms with Crippen molar-refractivity contribution in [2.75, 3.05) is 5.32 Å². The van der Waals surface area contributed by atoms with Gasteiger partial charge in [-0.15, -0.1) is 0 Å². The Morgan fingerprint density at radius 2 is 1.39 bits per heavy atom. The maximum atomic E-state index is 12.2. The predicted molar refractivity (Wildman–Crippen MR) is 102 cm³/mol. The molecule has 1 aromatic carbocycles. The molecule has 2 aliphatic carbocycles. The van der Waals surface area contributed by atoms with Crippen LogP contribution in [0.25, 0.3) is 0 Å². The van der Waals surface area contributed by atoms with Crippen LogP contribution in [0, 0.1) is 11.3 Å². The number of nitriles is 1. The lowest BCUT2D eigenvalue weighted by Crippen LogP contribution is -2.42. The minimum Gasteiger partial charge on any atom is -0.419 e. The highest BCUT2D eigenvalue weighted by Gasteiger charge is 2.39. The molecule has 6 heteroatoms. The van der Waals surface area contributed by atoms with Crippen molar-refractivity contribution < 1.29 is 19.1 Å². The van der Waals surface area contributed by atoms with Crippen LogP contribution >= 0.6 is 0 Å². The maximum Gasteiger partial charge on any atom is 0.350 e. The summed E-state index contributed by atoms with van der Waals surface area (Å²) in [7, 11) is 0. The third-order valence-corrected chi connectivity index (χ3v) is 5.74. The van der Waals surface area contributed by atoms with Gasteiger partial charge in [-0.25, -0.2) is 9.59 Å². The van der Waals surface area contributed by atoms with Gasteiger partial charge >= 0.3 is 11.9 Å². The number of ether oxygens (including phenoxy) is 2. The summed E-state index contributed by atoms with van der Waals surface area (Å²) in [6, 6.07) is 2.37. The van der Waals surface area contributed by atoms with Crippen LogP contribution in [0.5, 0.6) is 0 Å². The number of anilines is 1. The van der Waals surface area contributed by atoms with Crippen LogP contribution in [0.1, 0.15) is 67.3 Å². The van der Waals surface area contributed by atoms with Crippen molar-refractivity contribution in [2.45, 2.75) is 71.0 Å². The molecule has 0 unspecified atom stereocenters. The molecule has 6 nitrogen and oxygen atoms in total. The number of fused-ring (bicyclic) bond motifs is 3. The SMILES string of the molecule is CC1(C)OC(=O)C(=CNc2c(C#N)c3c(c4c2CCCC4)CCCC3)C(=O)O1. The molecule has 0 spiro atoms. The number of carbonyl (C=O) groups is 2. The van der Waals surface area contributed by atoms with Gasteiger partial charge < -0.3 is 14.8 Å². The van der Waals surface area contributed by atoms with Crippen LogP contribution in [-0.2, 0) is 44.7 Å². The number of esters is 2. The van der Waals surface area contributed by atoms with Gasteiger partial charge in [0.15, 0.2) is 5.57 Å². The normalized spacial score (nSPS) is 20.2. The molecule has 1 fully saturated rings. The number of rotatable bonds is 2. The molecule has 0 bridgehead atoms. The van der Waals surface area contributed by atoms with Crippen molar-refractivity contribution in [3.8, 4) is 6.07 Å². The van der Waals surface area contributed by atoms with Crippen molar-refractivity contribution in [2.24, 2.45) is 0 Å². The van der Waals surface area contributed by atoms with Gasteiger partial charge in [-0.1, -0.05) is 0 Å². The van der Waals surface area contributed by atoms with Gasteiger partial charge in [0.05, 0.1) is 11.3 Å². The monoisotopic (exact) mass is 380 g/mol. The van der Waals surface area contributed by atoms with E-state index in [1.165, 1.54) is 31.2 Å². The van der Waals surface area contributed by atoms with E-state index in [9.17, 15) is 14.9 Å². The zero-order valence-electron chi connectivity index (χ0n) is 16.3. The fraction of sp³-hybridized carbons (Fsp3) is 0.500. The quantitative estimate of drug-likeness (QED) is 0.480. The van der Waals surface area contributed by atoms with E-state index < -0.39 is 17.7 Å². The third kappa shape index (κ3) is 3.15. The molecule has 3 aliphatic rings. The Kier molecular flexibility index (Phi) is 4.62. The zero-order chi connectivity index (χ0) is 19.9. The molecule has 28 heavy (non-hydrogen) atoms. The summed E-state index contributed by atoms with van der Waals surface area (Å²) in [4.78, 5) is 24.4. The first-order valence-corrected chi connectivity index (χ1v) is 9.94. The first-order valence-electron chi connectivity index (χ1n) is 9.94. The summed E-state index contributed by atoms with van der Waals surface area (Å²) >= 11 is 0. The number of cyclic esters (lactones) is 2. The van der Waals surface area contributed by atoms with Gasteiger partial charge in [0, 0.05) is 20.0 Å². The van der Waals surface area contributed by atoms with Crippen LogP contribution in [-0.4, -0.2) is 17.7 Å². The molecule has 4 rings (SSSR count). The fourth-order valence-electron chi connectivity index (χ4n) is 4.54. The Bertz CT molecular complexity index is 915. The molecular weight excluding hydrogens is 356 g/mol. The molecule has 1 aliphatic heterocycles. The molecule has 0 radical (unpaired) electrons. The molecular formula is C22H24N2O4. The van der Waals surface area contributed by atoms with E-state index in [0.29, 0.717) is 5.56 Å². The fourth-order valence-corrected chi connectivity index (χ4v) is 4.54. The van der Waals surface area contributed by atoms with E-state index in [4.69, 9.17) is 9.47 Å². The van der Waals surface area contributed by atoms with Gasteiger partial charge in [-0.3, -0.25) is 0 Å². The maximum absolute atomic E-state index is 12.2. The Balaban J connectivity index is 1.77. The van der Waals surface area contributed by atoms with Crippen molar-refractivity contribution in [1.82, 2.24) is 0 Å². The zero-order valence-corrected chi connectivity index (χ0v) is 16.3. The second-order valence-corrected chi connectivity index (χ2v) is 8.07. The van der Waals surface area contributed by atoms with E-state index in [1.54, 1.807) is 0 Å². The Morgan fingerprint density at radius 3 is 1.96 bits per heavy atom. The van der Waals surface area contributed by atoms with Crippen LogP contribution in [0.2, 0.25) is 0 Å². The summed E-state index contributed by atoms with van der Waals surface area (Å²) in [5.74, 6) is -2.72. The van der Waals surface area contributed by atoms with E-state index >= 15 is 0 Å². The topological polar surface area (TPSA) is 88.4 Å². The average Bonchev–Trinajstić information content (AvgIpc) is 2.66. The molecule has 0 saturated carbocycles. The molecule has 1 saturated heterocycles. The molecule has 1 heterocycles. The minimum atomic E-state index is -1.27. The molecule has 0 aromatic heterocycles. The number of nitrogens with one attached hydrogen (secondary N) is 1. The van der Waals surface area contributed by atoms with Crippen LogP contribution in [0.3, 0.4) is 0 Å². The molecule has 1 aromatic rings. The second kappa shape index (κ2) is 6.97. The van der Waals surface area contributed by atoms with Crippen molar-refractivity contribution >= 4 is 17.6 Å². The number of nitrogens with zero attached hydrogens (tertiary/aromatic N) is 1. The van der Waals surface area contributed by atoms with Crippen LogP contribution in [0.15, 0.2) is 11.8 Å². The molecule has 1 N–H and O–H groups in total. The van der Waals surface area contributed by atoms with Crippen LogP contribution < -0.4 is 5.32 Å². The largest absolute Gasteiger partial charge is 0.419 e. The molecule has 0 atom stereocenters. The van der Waals surface area contributed by atoms with Crippen molar-refractivity contribution in [3.05, 3.63) is 39.6 Å². The lowest BCUT2D eigenvalue weighted by molar-refractivity contribution is -0.222. The standard InChI is InChI=1S/C22H24N2O4/c1-22(2)27-20(25)18(21(26)28-22)12-24-19-16-10-6-5-8-14(16)13-7-3-4-9-15(13)17(19)11-23/h12,24H,3-10H2,1-2H3. The van der Waals surface area contributed by atoms with Gasteiger partial charge in [0.25, 0.3) is 5.79 Å². The highest BCUT2D eigenvalue weighted by Crippen LogP contribution is 2.40. The van der Waals surface area contributed by atoms with E-state index in [0.717, 1.165) is 68.2 Å². The van der Waals surface area contributed by atoms with Gasteiger partial charge in [-0.05, 0) is 73.6 Å². The third-order valence-electron chi connectivity index (χ3n) is 5.74. The highest BCUT2D eigenvalue weighted by atomic mass is 16.7. The molecule has 146 valence electrons. The van der Waals surface area contributed by atoms with Crippen LogP contribution in [0.4, 0.5) is 5.69 Å². The lowest BCUT2D eigenvalue weighted by atomic mass is 9.77. The first-order chi connectivity index (χ1) is 13.4. The number of carbonyl (C=O) groups excluding carboxylic acids is 2.